The van der Waals surface area contributed by atoms with Crippen LogP contribution in [0, 0.1) is 5.92 Å². The van der Waals surface area contributed by atoms with Crippen LogP contribution in [-0.2, 0) is 37.8 Å². The summed E-state index contributed by atoms with van der Waals surface area (Å²) in [4.78, 5) is 45.1. The van der Waals surface area contributed by atoms with Gasteiger partial charge in [0.15, 0.2) is 5.60 Å². The van der Waals surface area contributed by atoms with Crippen molar-refractivity contribution in [3.8, 4) is 5.75 Å². The second kappa shape index (κ2) is 16.1. The number of carbonyl (C=O) groups is 3. The summed E-state index contributed by atoms with van der Waals surface area (Å²) < 4.78 is 12.6. The third-order valence-corrected chi connectivity index (χ3v) is 15.6. The minimum absolute atomic E-state index is 0.0182. The number of hydrogen-bond acceptors (Lipinski definition) is 7. The lowest BCUT2D eigenvalue weighted by atomic mass is 9.82. The summed E-state index contributed by atoms with van der Waals surface area (Å²) in [5, 5.41) is 24.0. The summed E-state index contributed by atoms with van der Waals surface area (Å²) in [6.07, 6.45) is -1.80. The lowest BCUT2D eigenvalue weighted by molar-refractivity contribution is -0.150. The largest absolute Gasteiger partial charge is 0.497 e. The number of ether oxygens (including phenoxy) is 2. The van der Waals surface area contributed by atoms with Gasteiger partial charge in [-0.05, 0) is 66.1 Å². The normalized spacial score (nSPS) is 21.2. The first-order valence-electron chi connectivity index (χ1n) is 18.2. The third kappa shape index (κ3) is 7.56. The van der Waals surface area contributed by atoms with E-state index >= 15 is 4.79 Å². The van der Waals surface area contributed by atoms with E-state index in [1.165, 1.54) is 6.92 Å². The molecule has 0 bridgehead atoms. The van der Waals surface area contributed by atoms with Crippen LogP contribution in [0.15, 0.2) is 97.1 Å². The van der Waals surface area contributed by atoms with Crippen molar-refractivity contribution in [2.24, 2.45) is 5.92 Å². The first-order valence-corrected chi connectivity index (χ1v) is 21.7. The van der Waals surface area contributed by atoms with Crippen LogP contribution in [0.2, 0.25) is 23.7 Å². The van der Waals surface area contributed by atoms with Crippen molar-refractivity contribution >= 4 is 54.0 Å². The van der Waals surface area contributed by atoms with Gasteiger partial charge in [-0.15, -0.1) is 0 Å². The number of aliphatic hydroxyl groups excluding tert-OH is 2. The minimum atomic E-state index is -2.55. The summed E-state index contributed by atoms with van der Waals surface area (Å²) in [6.45, 7) is 8.45. The molecule has 54 heavy (non-hydrogen) atoms. The van der Waals surface area contributed by atoms with E-state index in [4.69, 9.17) is 21.1 Å². The van der Waals surface area contributed by atoms with Crippen LogP contribution in [0.1, 0.15) is 37.0 Å². The molecule has 0 aliphatic carbocycles. The SMILES string of the molecule is COc1ccc([Si](C)(C)[C@@H]2[C@@H](CC(=O)N(CCO)Cc3ccccc3)O[C@]3(C(=O)N(Cc4cccc(NC(=O)[C@H](C)O)c4)c4ccc(Cl)cc43)[C@H]2C)cc1. The van der Waals surface area contributed by atoms with Crippen molar-refractivity contribution in [2.75, 3.05) is 30.5 Å². The molecular weight excluding hydrogens is 722 g/mol. The van der Waals surface area contributed by atoms with E-state index in [2.05, 4.69) is 37.5 Å². The minimum Gasteiger partial charge on any atom is -0.497 e. The fraction of sp³-hybridized carbons (Fsp3) is 0.357. The summed E-state index contributed by atoms with van der Waals surface area (Å²) in [7, 11) is -0.924. The predicted octanol–water partition coefficient (Wildman–Crippen LogP) is 5.84. The van der Waals surface area contributed by atoms with E-state index < -0.39 is 31.8 Å². The zero-order chi connectivity index (χ0) is 38.8. The molecule has 6 rings (SSSR count). The molecule has 1 saturated heterocycles. The first-order chi connectivity index (χ1) is 25.8. The van der Waals surface area contributed by atoms with Gasteiger partial charge in [0.1, 0.15) is 11.9 Å². The summed E-state index contributed by atoms with van der Waals surface area (Å²) in [6, 6.07) is 30.3. The third-order valence-electron chi connectivity index (χ3n) is 11.0. The average molecular weight is 770 g/mol. The Morgan fingerprint density at radius 2 is 1.72 bits per heavy atom. The molecule has 12 heteroatoms. The molecule has 10 nitrogen and oxygen atoms in total. The van der Waals surface area contributed by atoms with E-state index in [9.17, 15) is 19.8 Å². The van der Waals surface area contributed by atoms with Crippen molar-refractivity contribution in [3.63, 3.8) is 0 Å². The summed E-state index contributed by atoms with van der Waals surface area (Å²) >= 11 is 6.67. The molecule has 1 fully saturated rings. The van der Waals surface area contributed by atoms with Gasteiger partial charge in [0.05, 0.1) is 46.5 Å². The highest BCUT2D eigenvalue weighted by Crippen LogP contribution is 2.60. The molecule has 4 aromatic rings. The average Bonchev–Trinajstić information content (AvgIpc) is 3.57. The lowest BCUT2D eigenvalue weighted by Gasteiger charge is -2.37. The predicted molar refractivity (Wildman–Crippen MR) is 213 cm³/mol. The first kappa shape index (κ1) is 39.2. The van der Waals surface area contributed by atoms with Gasteiger partial charge in [-0.3, -0.25) is 14.4 Å². The van der Waals surface area contributed by atoms with Gasteiger partial charge in [0.25, 0.3) is 11.8 Å². The molecule has 3 N–H and O–H groups in total. The number of methoxy groups -OCH3 is 1. The Balaban J connectivity index is 1.40. The Morgan fingerprint density at radius 1 is 1.02 bits per heavy atom. The van der Waals surface area contributed by atoms with E-state index in [1.54, 1.807) is 47.2 Å². The molecule has 284 valence electrons. The van der Waals surface area contributed by atoms with Crippen LogP contribution in [0.5, 0.6) is 5.75 Å². The number of carbonyl (C=O) groups excluding carboxylic acids is 3. The monoisotopic (exact) mass is 769 g/mol. The van der Waals surface area contributed by atoms with Crippen molar-refractivity contribution in [2.45, 2.75) is 69.8 Å². The van der Waals surface area contributed by atoms with Gasteiger partial charge < -0.3 is 34.8 Å². The van der Waals surface area contributed by atoms with Crippen molar-refractivity contribution in [3.05, 3.63) is 119 Å². The molecule has 0 unspecified atom stereocenters. The number of rotatable bonds is 13. The van der Waals surface area contributed by atoms with E-state index in [0.717, 1.165) is 22.1 Å². The molecule has 2 aliphatic heterocycles. The molecule has 4 aromatic carbocycles. The second-order valence-corrected chi connectivity index (χ2v) is 19.9. The number of aliphatic hydroxyl groups is 2. The highest BCUT2D eigenvalue weighted by atomic mass is 35.5. The van der Waals surface area contributed by atoms with Gasteiger partial charge in [-0.1, -0.05) is 91.4 Å². The second-order valence-electron chi connectivity index (χ2n) is 14.8. The summed E-state index contributed by atoms with van der Waals surface area (Å²) in [5.74, 6) is -0.584. The van der Waals surface area contributed by atoms with Crippen LogP contribution >= 0.6 is 11.6 Å². The zero-order valence-corrected chi connectivity index (χ0v) is 33.0. The lowest BCUT2D eigenvalue weighted by Crippen LogP contribution is -2.52. The molecular formula is C42H48ClN3O7Si. The fourth-order valence-electron chi connectivity index (χ4n) is 8.34. The van der Waals surface area contributed by atoms with Crippen LogP contribution in [0.25, 0.3) is 0 Å². The van der Waals surface area contributed by atoms with Gasteiger partial charge >= 0.3 is 0 Å². The molecule has 1 spiro atoms. The van der Waals surface area contributed by atoms with Gasteiger partial charge in [-0.2, -0.15) is 0 Å². The highest BCUT2D eigenvalue weighted by Gasteiger charge is 2.66. The molecule has 0 radical (unpaired) electrons. The van der Waals surface area contributed by atoms with Crippen LogP contribution < -0.4 is 20.1 Å². The molecule has 0 saturated carbocycles. The topological polar surface area (TPSA) is 129 Å². The van der Waals surface area contributed by atoms with Gasteiger partial charge in [0, 0.05) is 35.3 Å². The van der Waals surface area contributed by atoms with Gasteiger partial charge in [-0.25, -0.2) is 0 Å². The fourth-order valence-corrected chi connectivity index (χ4v) is 12.5. The number of anilines is 2. The van der Waals surface area contributed by atoms with E-state index in [1.807, 2.05) is 54.6 Å². The standard InChI is InChI=1S/C42H48ClN3O7Si/c1-27-39(54(4,5)34-17-15-33(52-3)16-18-34)37(24-38(49)45(20-21-47)25-29-10-7-6-8-11-29)53-42(27)35-23-31(43)14-19-36(35)46(41(42)51)26-30-12-9-13-32(22-30)44-40(50)28(2)48/h6-19,22-23,27-28,37,39,47-48H,20-21,24-26H2,1-5H3,(H,44,50)/t27-,28-,37+,39-,42+/m0/s1. The van der Waals surface area contributed by atoms with Crippen molar-refractivity contribution in [1.29, 1.82) is 0 Å². The number of benzene rings is 4. The zero-order valence-electron chi connectivity index (χ0n) is 31.3. The van der Waals surface area contributed by atoms with E-state index in [0.29, 0.717) is 28.5 Å². The van der Waals surface area contributed by atoms with E-state index in [-0.39, 0.29) is 49.4 Å². The Hall–Kier alpha value is -4.52. The van der Waals surface area contributed by atoms with Crippen LogP contribution in [0.3, 0.4) is 0 Å². The molecule has 0 aromatic heterocycles. The number of amides is 3. The Bertz CT molecular complexity index is 1990. The van der Waals surface area contributed by atoms with Crippen molar-refractivity contribution in [1.82, 2.24) is 4.90 Å². The molecule has 3 amide bonds. The molecule has 2 aliphatic rings. The number of hydrogen-bond donors (Lipinski definition) is 3. The quantitative estimate of drug-likeness (QED) is 0.146. The highest BCUT2D eigenvalue weighted by molar-refractivity contribution is 6.91. The van der Waals surface area contributed by atoms with Gasteiger partial charge in [0.2, 0.25) is 5.91 Å². The maximum atomic E-state index is 15.2. The maximum Gasteiger partial charge on any atom is 0.264 e. The number of nitrogens with one attached hydrogen (secondary N) is 1. The number of fused-ring (bicyclic) bond motifs is 2. The van der Waals surface area contributed by atoms with Crippen LogP contribution in [-0.4, -0.2) is 73.4 Å². The molecule has 2 heterocycles. The Kier molecular flexibility index (Phi) is 11.7. The number of nitrogens with zero attached hydrogens (tertiary/aromatic N) is 2. The maximum absolute atomic E-state index is 15.2. The smallest absolute Gasteiger partial charge is 0.264 e. The number of halogens is 1. The van der Waals surface area contributed by atoms with Crippen molar-refractivity contribution < 1.29 is 34.1 Å². The Labute approximate surface area is 322 Å². The Morgan fingerprint density at radius 3 is 2.39 bits per heavy atom. The van der Waals surface area contributed by atoms with Crippen LogP contribution in [0.4, 0.5) is 11.4 Å². The summed E-state index contributed by atoms with van der Waals surface area (Å²) in [5.41, 5.74) is 1.88. The molecule has 5 atom stereocenters.